The molecule has 0 aliphatic carbocycles. The average molecular weight is 282 g/mol. The van der Waals surface area contributed by atoms with Crippen molar-refractivity contribution in [2.75, 3.05) is 13.2 Å². The molecule has 0 saturated carbocycles. The van der Waals surface area contributed by atoms with E-state index >= 15 is 0 Å². The Morgan fingerprint density at radius 1 is 1.55 bits per heavy atom. The Morgan fingerprint density at radius 2 is 2.35 bits per heavy atom. The maximum Gasteiger partial charge on any atom is 0.305 e. The first-order valence-corrected chi connectivity index (χ1v) is 6.87. The first-order valence-electron chi connectivity index (χ1n) is 6.87. The standard InChI is InChI=1S/C14H19FN2O3/c1-2-13-10(6-7-20-13)8-16-9-11-4-3-5-12(14(11)15)17(18)19/h3-5,10,13,16H,2,6-9H2,1H3. The van der Waals surface area contributed by atoms with Gasteiger partial charge in [0.05, 0.1) is 11.0 Å². The fraction of sp³-hybridized carbons (Fsp3) is 0.571. The van der Waals surface area contributed by atoms with Crippen molar-refractivity contribution in [1.82, 2.24) is 5.32 Å². The largest absolute Gasteiger partial charge is 0.378 e. The van der Waals surface area contributed by atoms with Crippen LogP contribution >= 0.6 is 0 Å². The topological polar surface area (TPSA) is 64.4 Å². The van der Waals surface area contributed by atoms with Crippen molar-refractivity contribution in [1.29, 1.82) is 0 Å². The molecule has 1 aromatic rings. The first kappa shape index (κ1) is 14.9. The maximum absolute atomic E-state index is 13.9. The molecule has 0 radical (unpaired) electrons. The molecule has 2 atom stereocenters. The fourth-order valence-electron chi connectivity index (χ4n) is 2.61. The molecule has 1 aliphatic heterocycles. The number of nitro groups is 1. The van der Waals surface area contributed by atoms with Crippen molar-refractivity contribution in [3.8, 4) is 0 Å². The maximum atomic E-state index is 13.9. The van der Waals surface area contributed by atoms with Gasteiger partial charge in [0.1, 0.15) is 0 Å². The minimum Gasteiger partial charge on any atom is -0.378 e. The Morgan fingerprint density at radius 3 is 3.05 bits per heavy atom. The van der Waals surface area contributed by atoms with Crippen LogP contribution in [0.4, 0.5) is 10.1 Å². The van der Waals surface area contributed by atoms with Crippen LogP contribution in [0.5, 0.6) is 0 Å². The predicted molar refractivity (Wildman–Crippen MR) is 72.9 cm³/mol. The Hall–Kier alpha value is -1.53. The molecule has 0 spiro atoms. The number of nitro benzene ring substituents is 1. The minimum atomic E-state index is -0.750. The quantitative estimate of drug-likeness (QED) is 0.643. The number of hydrogen-bond acceptors (Lipinski definition) is 4. The predicted octanol–water partition coefficient (Wildman–Crippen LogP) is 2.64. The van der Waals surface area contributed by atoms with Gasteiger partial charge in [0.2, 0.25) is 5.82 Å². The van der Waals surface area contributed by atoms with Crippen molar-refractivity contribution in [2.45, 2.75) is 32.4 Å². The van der Waals surface area contributed by atoms with E-state index in [0.29, 0.717) is 18.0 Å². The van der Waals surface area contributed by atoms with Crippen LogP contribution in [-0.2, 0) is 11.3 Å². The summed E-state index contributed by atoms with van der Waals surface area (Å²) in [6, 6.07) is 4.25. The Kier molecular flexibility index (Phi) is 5.03. The highest BCUT2D eigenvalue weighted by Crippen LogP contribution is 2.23. The van der Waals surface area contributed by atoms with Crippen LogP contribution in [0, 0.1) is 21.8 Å². The third-order valence-corrected chi connectivity index (χ3v) is 3.73. The molecule has 6 heteroatoms. The van der Waals surface area contributed by atoms with Crippen molar-refractivity contribution in [2.24, 2.45) is 5.92 Å². The zero-order valence-electron chi connectivity index (χ0n) is 11.5. The van der Waals surface area contributed by atoms with E-state index in [9.17, 15) is 14.5 Å². The van der Waals surface area contributed by atoms with Gasteiger partial charge in [-0.05, 0) is 18.8 Å². The van der Waals surface area contributed by atoms with Gasteiger partial charge in [-0.25, -0.2) is 0 Å². The summed E-state index contributed by atoms with van der Waals surface area (Å²) in [6.45, 7) is 3.89. The molecule has 1 aromatic carbocycles. The second kappa shape index (κ2) is 6.76. The van der Waals surface area contributed by atoms with E-state index in [1.807, 2.05) is 0 Å². The highest BCUT2D eigenvalue weighted by atomic mass is 19.1. The molecule has 2 unspecified atom stereocenters. The lowest BCUT2D eigenvalue weighted by atomic mass is 9.99. The molecular weight excluding hydrogens is 263 g/mol. The van der Waals surface area contributed by atoms with Crippen molar-refractivity contribution < 1.29 is 14.1 Å². The lowest BCUT2D eigenvalue weighted by Gasteiger charge is -2.17. The summed E-state index contributed by atoms with van der Waals surface area (Å²) in [5.74, 6) is -0.318. The Balaban J connectivity index is 1.91. The molecular formula is C14H19FN2O3. The smallest absolute Gasteiger partial charge is 0.305 e. The number of hydrogen-bond donors (Lipinski definition) is 1. The number of rotatable bonds is 6. The van der Waals surface area contributed by atoms with Crippen LogP contribution in [0.25, 0.3) is 0 Å². The normalized spacial score (nSPS) is 22.1. The first-order chi connectivity index (χ1) is 9.63. The number of halogens is 1. The average Bonchev–Trinajstić information content (AvgIpc) is 2.88. The number of ether oxygens (including phenoxy) is 1. The molecule has 110 valence electrons. The summed E-state index contributed by atoms with van der Waals surface area (Å²) in [6.07, 6.45) is 2.23. The van der Waals surface area contributed by atoms with Gasteiger partial charge in [0, 0.05) is 31.3 Å². The van der Waals surface area contributed by atoms with Crippen LogP contribution in [0.1, 0.15) is 25.3 Å². The third-order valence-electron chi connectivity index (χ3n) is 3.73. The third kappa shape index (κ3) is 3.32. The zero-order chi connectivity index (χ0) is 14.5. The van der Waals surface area contributed by atoms with E-state index in [0.717, 1.165) is 26.0 Å². The zero-order valence-corrected chi connectivity index (χ0v) is 11.5. The van der Waals surface area contributed by atoms with Crippen LogP contribution in [0.15, 0.2) is 18.2 Å². The highest BCUT2D eigenvalue weighted by molar-refractivity contribution is 5.36. The van der Waals surface area contributed by atoms with E-state index < -0.39 is 16.4 Å². The molecule has 0 bridgehead atoms. The van der Waals surface area contributed by atoms with Gasteiger partial charge in [0.15, 0.2) is 0 Å². The van der Waals surface area contributed by atoms with Crippen LogP contribution in [0.2, 0.25) is 0 Å². The summed E-state index contributed by atoms with van der Waals surface area (Å²) in [5.41, 5.74) is -0.147. The lowest BCUT2D eigenvalue weighted by Crippen LogP contribution is -2.28. The minimum absolute atomic E-state index is 0.262. The van der Waals surface area contributed by atoms with E-state index in [2.05, 4.69) is 12.2 Å². The highest BCUT2D eigenvalue weighted by Gasteiger charge is 2.26. The van der Waals surface area contributed by atoms with Crippen molar-refractivity contribution in [3.63, 3.8) is 0 Å². The van der Waals surface area contributed by atoms with Gasteiger partial charge >= 0.3 is 5.69 Å². The number of nitrogens with one attached hydrogen (secondary N) is 1. The van der Waals surface area contributed by atoms with Gasteiger partial charge in [-0.1, -0.05) is 19.1 Å². The summed E-state index contributed by atoms with van der Waals surface area (Å²) in [5, 5.41) is 13.8. The van der Waals surface area contributed by atoms with Gasteiger partial charge in [-0.15, -0.1) is 0 Å². The van der Waals surface area contributed by atoms with E-state index in [-0.39, 0.29) is 6.10 Å². The molecule has 2 rings (SSSR count). The molecule has 5 nitrogen and oxygen atoms in total. The second-order valence-corrected chi connectivity index (χ2v) is 5.00. The molecule has 20 heavy (non-hydrogen) atoms. The molecule has 1 saturated heterocycles. The van der Waals surface area contributed by atoms with E-state index in [1.54, 1.807) is 6.07 Å². The Labute approximate surface area is 117 Å². The van der Waals surface area contributed by atoms with Gasteiger partial charge in [-0.3, -0.25) is 10.1 Å². The van der Waals surface area contributed by atoms with Crippen LogP contribution < -0.4 is 5.32 Å². The lowest BCUT2D eigenvalue weighted by molar-refractivity contribution is -0.387. The van der Waals surface area contributed by atoms with E-state index in [4.69, 9.17) is 4.74 Å². The van der Waals surface area contributed by atoms with Gasteiger partial charge in [0.25, 0.3) is 0 Å². The summed E-state index contributed by atoms with van der Waals surface area (Å²) < 4.78 is 19.4. The molecule has 1 aliphatic rings. The van der Waals surface area contributed by atoms with E-state index in [1.165, 1.54) is 12.1 Å². The van der Waals surface area contributed by atoms with Gasteiger partial charge in [-0.2, -0.15) is 4.39 Å². The van der Waals surface area contributed by atoms with Crippen molar-refractivity contribution in [3.05, 3.63) is 39.7 Å². The number of nitrogens with zero attached hydrogens (tertiary/aromatic N) is 1. The number of benzene rings is 1. The molecule has 1 fully saturated rings. The second-order valence-electron chi connectivity index (χ2n) is 5.00. The fourth-order valence-corrected chi connectivity index (χ4v) is 2.61. The summed E-state index contributed by atoms with van der Waals surface area (Å²) in [7, 11) is 0. The molecule has 1 N–H and O–H groups in total. The molecule has 1 heterocycles. The van der Waals surface area contributed by atoms with Crippen molar-refractivity contribution >= 4 is 5.69 Å². The summed E-state index contributed by atoms with van der Waals surface area (Å²) >= 11 is 0. The van der Waals surface area contributed by atoms with Gasteiger partial charge < -0.3 is 10.1 Å². The SMILES string of the molecule is CCC1OCCC1CNCc1cccc([N+](=O)[O-])c1F. The monoisotopic (exact) mass is 282 g/mol. The molecule has 0 amide bonds. The summed E-state index contributed by atoms with van der Waals surface area (Å²) in [4.78, 5) is 9.97. The Bertz CT molecular complexity index is 481. The van der Waals surface area contributed by atoms with Crippen LogP contribution in [0.3, 0.4) is 0 Å². The van der Waals surface area contributed by atoms with Crippen LogP contribution in [-0.4, -0.2) is 24.2 Å². The molecule has 0 aromatic heterocycles.